The van der Waals surface area contributed by atoms with Gasteiger partial charge in [-0.1, -0.05) is 40.5 Å². The fraction of sp³-hybridized carbons (Fsp3) is 0.944. The maximum Gasteiger partial charge on any atom is 0.191 e. The molecule has 0 saturated carbocycles. The van der Waals surface area contributed by atoms with Crippen LogP contribution in [0.1, 0.15) is 60.3 Å². The number of aliphatic imine (C=N–C) groups is 1. The molecule has 0 aromatic carbocycles. The lowest BCUT2D eigenvalue weighted by atomic mass is 9.92. The van der Waals surface area contributed by atoms with Crippen LogP contribution in [-0.4, -0.2) is 61.8 Å². The first-order valence-electron chi connectivity index (χ1n) is 9.07. The van der Waals surface area contributed by atoms with E-state index in [-0.39, 0.29) is 29.4 Å². The van der Waals surface area contributed by atoms with E-state index in [0.717, 1.165) is 51.3 Å². The molecule has 0 aromatic rings. The zero-order valence-electron chi connectivity index (χ0n) is 16.9. The van der Waals surface area contributed by atoms with E-state index in [2.05, 4.69) is 64.2 Å². The summed E-state index contributed by atoms with van der Waals surface area (Å²) in [6.45, 7) is 13.9. The van der Waals surface area contributed by atoms with Crippen LogP contribution in [0.2, 0.25) is 0 Å². The van der Waals surface area contributed by atoms with Crippen LogP contribution >= 0.6 is 24.0 Å². The van der Waals surface area contributed by atoms with Gasteiger partial charge in [0.15, 0.2) is 5.96 Å². The van der Waals surface area contributed by atoms with E-state index in [1.807, 2.05) is 0 Å². The monoisotopic (exact) mass is 456 g/mol. The van der Waals surface area contributed by atoms with Gasteiger partial charge >= 0.3 is 0 Å². The predicted molar refractivity (Wildman–Crippen MR) is 116 cm³/mol. The van der Waals surface area contributed by atoms with Crippen molar-refractivity contribution in [2.24, 2.45) is 10.4 Å². The molecule has 0 unspecified atom stereocenters. The average Bonchev–Trinajstić information content (AvgIpc) is 2.41. The Kier molecular flexibility index (Phi) is 14.3. The number of nitrogens with one attached hydrogen (secondary N) is 2. The van der Waals surface area contributed by atoms with Crippen molar-refractivity contribution in [3.63, 3.8) is 0 Å². The maximum absolute atomic E-state index is 10.7. The summed E-state index contributed by atoms with van der Waals surface area (Å²) in [5.74, 6) is 0.796. The molecule has 0 saturated heterocycles. The number of hydrogen-bond acceptors (Lipinski definition) is 3. The minimum absolute atomic E-state index is 0. The van der Waals surface area contributed by atoms with Crippen LogP contribution in [-0.2, 0) is 0 Å². The average molecular weight is 456 g/mol. The minimum Gasteiger partial charge on any atom is -0.388 e. The van der Waals surface area contributed by atoms with Gasteiger partial charge in [0.25, 0.3) is 0 Å². The molecule has 0 fully saturated rings. The van der Waals surface area contributed by atoms with Crippen molar-refractivity contribution in [2.75, 3.05) is 40.3 Å². The second-order valence-corrected chi connectivity index (χ2v) is 7.68. The number of halogens is 1. The molecule has 0 aliphatic heterocycles. The summed E-state index contributed by atoms with van der Waals surface area (Å²) in [5.41, 5.74) is -0.520. The van der Waals surface area contributed by atoms with Crippen molar-refractivity contribution in [1.82, 2.24) is 15.5 Å². The summed E-state index contributed by atoms with van der Waals surface area (Å²) >= 11 is 0. The Morgan fingerprint density at radius 1 is 1.04 bits per heavy atom. The van der Waals surface area contributed by atoms with Gasteiger partial charge in [-0.05, 0) is 39.3 Å². The first kappa shape index (κ1) is 26.2. The number of aliphatic hydroxyl groups is 1. The first-order chi connectivity index (χ1) is 10.7. The van der Waals surface area contributed by atoms with E-state index in [1.165, 1.54) is 0 Å². The van der Waals surface area contributed by atoms with E-state index in [4.69, 9.17) is 4.99 Å². The summed E-state index contributed by atoms with van der Waals surface area (Å²) in [5, 5.41) is 17.3. The molecule has 0 bridgehead atoms. The lowest BCUT2D eigenvalue weighted by Gasteiger charge is -2.29. The van der Waals surface area contributed by atoms with Crippen LogP contribution in [0.15, 0.2) is 4.99 Å². The van der Waals surface area contributed by atoms with Gasteiger partial charge in [0.2, 0.25) is 0 Å². The summed E-state index contributed by atoms with van der Waals surface area (Å²) in [4.78, 5) is 6.91. The van der Waals surface area contributed by atoms with Gasteiger partial charge in [-0.3, -0.25) is 4.99 Å². The molecule has 0 rings (SSSR count). The molecule has 0 amide bonds. The van der Waals surface area contributed by atoms with Crippen LogP contribution < -0.4 is 10.6 Å². The molecular formula is C18H41IN4O. The molecule has 5 nitrogen and oxygen atoms in total. The lowest BCUT2D eigenvalue weighted by molar-refractivity contribution is 0.0257. The Labute approximate surface area is 167 Å². The third-order valence-electron chi connectivity index (χ3n) is 3.77. The zero-order chi connectivity index (χ0) is 17.9. The highest BCUT2D eigenvalue weighted by molar-refractivity contribution is 14.0. The summed E-state index contributed by atoms with van der Waals surface area (Å²) in [6, 6.07) is 0. The summed E-state index contributed by atoms with van der Waals surface area (Å²) in [7, 11) is 4.18. The fourth-order valence-corrected chi connectivity index (χ4v) is 3.02. The van der Waals surface area contributed by atoms with Gasteiger partial charge in [0, 0.05) is 26.2 Å². The Morgan fingerprint density at radius 3 is 2.00 bits per heavy atom. The quantitative estimate of drug-likeness (QED) is 0.254. The van der Waals surface area contributed by atoms with E-state index >= 15 is 0 Å². The third kappa shape index (κ3) is 12.3. The molecule has 0 heterocycles. The standard InChI is InChI=1S/C18H40N4O.HI/c1-8-11-18(23,12-9-2)14-21-16(19-10-3)20-13-17(4,5)15-22(6)7;/h23H,8-15H2,1-7H3,(H2,19,20,21);1H. The van der Waals surface area contributed by atoms with Gasteiger partial charge in [0.1, 0.15) is 0 Å². The normalized spacial score (nSPS) is 13.0. The second kappa shape index (κ2) is 13.2. The van der Waals surface area contributed by atoms with E-state index in [0.29, 0.717) is 6.54 Å². The zero-order valence-corrected chi connectivity index (χ0v) is 19.2. The van der Waals surface area contributed by atoms with Crippen LogP contribution in [0.4, 0.5) is 0 Å². The molecule has 0 aliphatic carbocycles. The van der Waals surface area contributed by atoms with Gasteiger partial charge in [-0.15, -0.1) is 24.0 Å². The minimum atomic E-state index is -0.640. The largest absolute Gasteiger partial charge is 0.388 e. The SMILES string of the molecule is CCCC(O)(CCC)CNC(=NCC(C)(C)CN(C)C)NCC.I. The Balaban J connectivity index is 0. The Bertz CT molecular complexity index is 340. The third-order valence-corrected chi connectivity index (χ3v) is 3.77. The van der Waals surface area contributed by atoms with Gasteiger partial charge < -0.3 is 20.6 Å². The molecule has 146 valence electrons. The lowest BCUT2D eigenvalue weighted by Crippen LogP contribution is -2.47. The van der Waals surface area contributed by atoms with Crippen molar-refractivity contribution in [3.8, 4) is 0 Å². The van der Waals surface area contributed by atoms with Crippen molar-refractivity contribution in [2.45, 2.75) is 65.9 Å². The van der Waals surface area contributed by atoms with Crippen LogP contribution in [0.5, 0.6) is 0 Å². The Hall–Kier alpha value is -0.0800. The maximum atomic E-state index is 10.7. The topological polar surface area (TPSA) is 59.9 Å². The highest BCUT2D eigenvalue weighted by Gasteiger charge is 2.25. The summed E-state index contributed by atoms with van der Waals surface area (Å²) < 4.78 is 0. The van der Waals surface area contributed by atoms with Crippen molar-refractivity contribution in [3.05, 3.63) is 0 Å². The molecule has 0 aliphatic rings. The first-order valence-corrected chi connectivity index (χ1v) is 9.07. The molecule has 0 atom stereocenters. The molecule has 6 heteroatoms. The predicted octanol–water partition coefficient (Wildman–Crippen LogP) is 3.08. The molecule has 3 N–H and O–H groups in total. The molecule has 0 aromatic heterocycles. The van der Waals surface area contributed by atoms with E-state index in [9.17, 15) is 5.11 Å². The number of guanidine groups is 1. The number of nitrogens with zero attached hydrogens (tertiary/aromatic N) is 2. The van der Waals surface area contributed by atoms with Crippen LogP contribution in [0.3, 0.4) is 0 Å². The van der Waals surface area contributed by atoms with Crippen molar-refractivity contribution in [1.29, 1.82) is 0 Å². The van der Waals surface area contributed by atoms with Crippen LogP contribution in [0, 0.1) is 5.41 Å². The summed E-state index contributed by atoms with van der Waals surface area (Å²) in [6.07, 6.45) is 3.61. The van der Waals surface area contributed by atoms with Gasteiger partial charge in [-0.25, -0.2) is 0 Å². The van der Waals surface area contributed by atoms with E-state index in [1.54, 1.807) is 0 Å². The molecular weight excluding hydrogens is 415 g/mol. The Morgan fingerprint density at radius 2 is 1.58 bits per heavy atom. The highest BCUT2D eigenvalue weighted by Crippen LogP contribution is 2.19. The van der Waals surface area contributed by atoms with E-state index < -0.39 is 5.60 Å². The molecule has 0 spiro atoms. The van der Waals surface area contributed by atoms with Crippen molar-refractivity contribution < 1.29 is 5.11 Å². The smallest absolute Gasteiger partial charge is 0.191 e. The molecule has 24 heavy (non-hydrogen) atoms. The van der Waals surface area contributed by atoms with Gasteiger partial charge in [0.05, 0.1) is 5.60 Å². The highest BCUT2D eigenvalue weighted by atomic mass is 127. The van der Waals surface area contributed by atoms with Crippen molar-refractivity contribution >= 4 is 29.9 Å². The number of hydrogen-bond donors (Lipinski definition) is 3. The molecule has 0 radical (unpaired) electrons. The van der Waals surface area contributed by atoms with Gasteiger partial charge in [-0.2, -0.15) is 0 Å². The number of rotatable bonds is 11. The second-order valence-electron chi connectivity index (χ2n) is 7.68. The van der Waals surface area contributed by atoms with Crippen LogP contribution in [0.25, 0.3) is 0 Å². The fourth-order valence-electron chi connectivity index (χ4n) is 3.02.